The van der Waals surface area contributed by atoms with Gasteiger partial charge in [-0.1, -0.05) is 23.2 Å². The van der Waals surface area contributed by atoms with Crippen LogP contribution in [0.15, 0.2) is 41.0 Å². The zero-order valence-corrected chi connectivity index (χ0v) is 17.1. The minimum Gasteiger partial charge on any atom is -0.468 e. The van der Waals surface area contributed by atoms with Crippen LogP contribution < -0.4 is 9.62 Å². The Balaban J connectivity index is 1.88. The molecule has 6 nitrogen and oxygen atoms in total. The molecule has 26 heavy (non-hydrogen) atoms. The summed E-state index contributed by atoms with van der Waals surface area (Å²) in [6.45, 7) is 0.0659. The number of anilines is 1. The molecule has 0 aliphatic rings. The van der Waals surface area contributed by atoms with Crippen LogP contribution in [0, 0.1) is 0 Å². The van der Waals surface area contributed by atoms with Gasteiger partial charge in [-0.2, -0.15) is 11.8 Å². The van der Waals surface area contributed by atoms with Crippen LogP contribution in [-0.4, -0.2) is 39.4 Å². The molecule has 0 unspecified atom stereocenters. The Labute approximate surface area is 166 Å². The summed E-state index contributed by atoms with van der Waals surface area (Å²) in [5.74, 6) is 1.83. The molecular weight excluding hydrogens is 419 g/mol. The van der Waals surface area contributed by atoms with Gasteiger partial charge < -0.3 is 9.73 Å². The normalized spacial score (nSPS) is 11.3. The van der Waals surface area contributed by atoms with Gasteiger partial charge in [-0.05, 0) is 30.3 Å². The number of nitrogens with zero attached hydrogens (tertiary/aromatic N) is 1. The molecule has 0 aliphatic carbocycles. The van der Waals surface area contributed by atoms with E-state index in [2.05, 4.69) is 5.32 Å². The molecule has 142 valence electrons. The summed E-state index contributed by atoms with van der Waals surface area (Å²) in [6.07, 6.45) is 2.63. The largest absolute Gasteiger partial charge is 0.468 e. The van der Waals surface area contributed by atoms with Gasteiger partial charge in [0.25, 0.3) is 0 Å². The van der Waals surface area contributed by atoms with Crippen molar-refractivity contribution in [2.75, 3.05) is 29.4 Å². The van der Waals surface area contributed by atoms with E-state index in [1.807, 2.05) is 12.1 Å². The van der Waals surface area contributed by atoms with Crippen LogP contribution in [0.3, 0.4) is 0 Å². The van der Waals surface area contributed by atoms with Crippen LogP contribution in [0.25, 0.3) is 0 Å². The Morgan fingerprint density at radius 2 is 1.96 bits per heavy atom. The number of amides is 1. The number of benzene rings is 1. The van der Waals surface area contributed by atoms with E-state index >= 15 is 0 Å². The number of nitrogens with one attached hydrogen (secondary N) is 1. The quantitative estimate of drug-likeness (QED) is 0.609. The Morgan fingerprint density at radius 1 is 1.27 bits per heavy atom. The number of carbonyl (C=O) groups excluding carboxylic acids is 1. The van der Waals surface area contributed by atoms with Crippen LogP contribution in [0.1, 0.15) is 5.76 Å². The monoisotopic (exact) mass is 436 g/mol. The van der Waals surface area contributed by atoms with Gasteiger partial charge in [0.2, 0.25) is 15.9 Å². The van der Waals surface area contributed by atoms with E-state index in [0.29, 0.717) is 18.1 Å². The lowest BCUT2D eigenvalue weighted by molar-refractivity contribution is -0.119. The van der Waals surface area contributed by atoms with Gasteiger partial charge in [-0.15, -0.1) is 0 Å². The van der Waals surface area contributed by atoms with Crippen LogP contribution in [0.4, 0.5) is 5.69 Å². The van der Waals surface area contributed by atoms with Gasteiger partial charge >= 0.3 is 0 Å². The number of hydrogen-bond donors (Lipinski definition) is 1. The zero-order valence-electron chi connectivity index (χ0n) is 13.9. The lowest BCUT2D eigenvalue weighted by Crippen LogP contribution is -2.41. The lowest BCUT2D eigenvalue weighted by atomic mass is 10.3. The Hall–Kier alpha value is -1.35. The maximum Gasteiger partial charge on any atom is 0.240 e. The van der Waals surface area contributed by atoms with Crippen molar-refractivity contribution in [3.05, 3.63) is 52.4 Å². The van der Waals surface area contributed by atoms with Crippen molar-refractivity contribution in [1.29, 1.82) is 0 Å². The molecule has 0 spiro atoms. The summed E-state index contributed by atoms with van der Waals surface area (Å²) < 4.78 is 30.3. The van der Waals surface area contributed by atoms with Crippen molar-refractivity contribution in [2.24, 2.45) is 0 Å². The molecule has 10 heteroatoms. The first-order chi connectivity index (χ1) is 12.3. The molecule has 1 heterocycles. The number of rotatable bonds is 9. The maximum absolute atomic E-state index is 12.1. The number of sulfonamides is 1. The van der Waals surface area contributed by atoms with Gasteiger partial charge in [0.15, 0.2) is 0 Å². The first kappa shape index (κ1) is 21.0. The average molecular weight is 437 g/mol. The predicted octanol–water partition coefficient (Wildman–Crippen LogP) is 3.40. The third kappa shape index (κ3) is 6.75. The molecule has 0 aliphatic heterocycles. The highest BCUT2D eigenvalue weighted by molar-refractivity contribution is 7.98. The van der Waals surface area contributed by atoms with Gasteiger partial charge in [-0.25, -0.2) is 8.42 Å². The predicted molar refractivity (Wildman–Crippen MR) is 107 cm³/mol. The van der Waals surface area contributed by atoms with E-state index in [9.17, 15) is 13.2 Å². The standard InChI is InChI=1S/C16H18Cl2N2O4S2/c1-26(22,23)20(14-8-12(17)7-13(18)9-14)10-16(21)19-4-6-25-11-15-3-2-5-24-15/h2-3,5,7-9H,4,6,10-11H2,1H3,(H,19,21). The molecule has 0 fully saturated rings. The second kappa shape index (κ2) is 9.55. The molecule has 0 atom stereocenters. The van der Waals surface area contributed by atoms with Crippen molar-refractivity contribution in [3.63, 3.8) is 0 Å². The minimum atomic E-state index is -3.67. The van der Waals surface area contributed by atoms with Crippen LogP contribution in [0.5, 0.6) is 0 Å². The molecule has 0 radical (unpaired) electrons. The topological polar surface area (TPSA) is 79.6 Å². The van der Waals surface area contributed by atoms with E-state index < -0.39 is 15.9 Å². The summed E-state index contributed by atoms with van der Waals surface area (Å²) in [5, 5.41) is 3.28. The maximum atomic E-state index is 12.1. The fourth-order valence-corrected chi connectivity index (χ4v) is 4.21. The number of carbonyl (C=O) groups is 1. The average Bonchev–Trinajstić information content (AvgIpc) is 3.03. The molecule has 1 N–H and O–H groups in total. The molecule has 2 aromatic rings. The Morgan fingerprint density at radius 3 is 2.54 bits per heavy atom. The van der Waals surface area contributed by atoms with E-state index in [1.54, 1.807) is 18.0 Å². The van der Waals surface area contributed by atoms with Crippen molar-refractivity contribution in [1.82, 2.24) is 5.32 Å². The smallest absolute Gasteiger partial charge is 0.240 e. The van der Waals surface area contributed by atoms with Crippen molar-refractivity contribution in [3.8, 4) is 0 Å². The number of furan rings is 1. The molecule has 0 bridgehead atoms. The van der Waals surface area contributed by atoms with E-state index in [0.717, 1.165) is 16.3 Å². The second-order valence-corrected chi connectivity index (χ2v) is 9.26. The summed E-state index contributed by atoms with van der Waals surface area (Å²) in [4.78, 5) is 12.1. The second-order valence-electron chi connectivity index (χ2n) is 5.38. The first-order valence-electron chi connectivity index (χ1n) is 7.56. The van der Waals surface area contributed by atoms with E-state index in [4.69, 9.17) is 27.6 Å². The minimum absolute atomic E-state index is 0.243. The molecule has 1 aromatic heterocycles. The fourth-order valence-electron chi connectivity index (χ4n) is 2.10. The summed E-state index contributed by atoms with van der Waals surface area (Å²) in [5.41, 5.74) is 0.243. The number of hydrogen-bond acceptors (Lipinski definition) is 5. The van der Waals surface area contributed by atoms with Crippen LogP contribution in [0.2, 0.25) is 10.0 Å². The van der Waals surface area contributed by atoms with Crippen LogP contribution >= 0.6 is 35.0 Å². The molecule has 2 rings (SSSR count). The Kier molecular flexibility index (Phi) is 7.69. The van der Waals surface area contributed by atoms with Crippen LogP contribution in [-0.2, 0) is 20.6 Å². The third-order valence-electron chi connectivity index (χ3n) is 3.22. The summed E-state index contributed by atoms with van der Waals surface area (Å²) in [6, 6.07) is 8.08. The molecule has 1 aromatic carbocycles. The summed E-state index contributed by atoms with van der Waals surface area (Å²) in [7, 11) is -3.67. The number of thioether (sulfide) groups is 1. The Bertz CT molecular complexity index is 822. The van der Waals surface area contributed by atoms with Gasteiger partial charge in [0.1, 0.15) is 12.3 Å². The lowest BCUT2D eigenvalue weighted by Gasteiger charge is -2.22. The fraction of sp³-hybridized carbons (Fsp3) is 0.312. The van der Waals surface area contributed by atoms with E-state index in [1.165, 1.54) is 18.2 Å². The van der Waals surface area contributed by atoms with Crippen molar-refractivity contribution >= 4 is 56.6 Å². The highest BCUT2D eigenvalue weighted by Gasteiger charge is 2.21. The van der Waals surface area contributed by atoms with Gasteiger partial charge in [0, 0.05) is 22.3 Å². The highest BCUT2D eigenvalue weighted by Crippen LogP contribution is 2.26. The van der Waals surface area contributed by atoms with Gasteiger partial charge in [0.05, 0.1) is 24.0 Å². The first-order valence-corrected chi connectivity index (χ1v) is 11.3. The highest BCUT2D eigenvalue weighted by atomic mass is 35.5. The summed E-state index contributed by atoms with van der Waals surface area (Å²) >= 11 is 13.5. The molecular formula is C16H18Cl2N2O4S2. The zero-order chi connectivity index (χ0) is 19.2. The molecule has 0 saturated carbocycles. The molecule has 0 saturated heterocycles. The number of halogens is 2. The van der Waals surface area contributed by atoms with Gasteiger partial charge in [-0.3, -0.25) is 9.10 Å². The third-order valence-corrected chi connectivity index (χ3v) is 5.77. The van der Waals surface area contributed by atoms with Crippen molar-refractivity contribution < 1.29 is 17.6 Å². The van der Waals surface area contributed by atoms with Crippen molar-refractivity contribution in [2.45, 2.75) is 5.75 Å². The van der Waals surface area contributed by atoms with E-state index in [-0.39, 0.29) is 22.3 Å². The SMILES string of the molecule is CS(=O)(=O)N(CC(=O)NCCSCc1ccco1)c1cc(Cl)cc(Cl)c1. The molecule has 1 amide bonds.